The van der Waals surface area contributed by atoms with Gasteiger partial charge in [0.2, 0.25) is 5.91 Å². The van der Waals surface area contributed by atoms with E-state index in [4.69, 9.17) is 27.8 Å². The van der Waals surface area contributed by atoms with Crippen molar-refractivity contribution in [1.29, 1.82) is 0 Å². The zero-order valence-electron chi connectivity index (χ0n) is 20.3. The molecule has 0 unspecified atom stereocenters. The summed E-state index contributed by atoms with van der Waals surface area (Å²) >= 11 is 6.04. The highest BCUT2D eigenvalue weighted by Crippen LogP contribution is 2.51. The number of rotatable bonds is 5. The van der Waals surface area contributed by atoms with E-state index in [2.05, 4.69) is 51.0 Å². The van der Waals surface area contributed by atoms with Crippen LogP contribution in [0.5, 0.6) is 5.75 Å². The number of nitrogens with two attached hydrogens (primary N) is 2. The van der Waals surface area contributed by atoms with E-state index in [0.29, 0.717) is 23.0 Å². The molecule has 0 saturated carbocycles. The molecule has 5 N–H and O–H groups in total. The lowest BCUT2D eigenvalue weighted by Gasteiger charge is -2.42. The molecule has 3 aromatic rings. The molecule has 8 nitrogen and oxygen atoms in total. The van der Waals surface area contributed by atoms with Gasteiger partial charge in [-0.1, -0.05) is 41.8 Å². The second kappa shape index (κ2) is 10.4. The van der Waals surface area contributed by atoms with Crippen LogP contribution in [0.15, 0.2) is 48.7 Å². The van der Waals surface area contributed by atoms with Crippen LogP contribution in [0.3, 0.4) is 0 Å². The Bertz CT molecular complexity index is 1390. The number of aliphatic hydroxyl groups is 1. The number of carbonyl (C=O) groups is 1. The van der Waals surface area contributed by atoms with E-state index in [9.17, 15) is 9.90 Å². The van der Waals surface area contributed by atoms with Crippen molar-refractivity contribution in [2.75, 3.05) is 24.6 Å². The van der Waals surface area contributed by atoms with Crippen molar-refractivity contribution in [3.63, 3.8) is 0 Å². The molecule has 1 saturated heterocycles. The van der Waals surface area contributed by atoms with Crippen LogP contribution in [0.25, 0.3) is 0 Å². The Balaban J connectivity index is 1.21. The number of carbonyl (C=O) groups excluding carboxylic acids is 1. The summed E-state index contributed by atoms with van der Waals surface area (Å²) in [6, 6.07) is 13.1. The first-order valence-electron chi connectivity index (χ1n) is 12.2. The lowest BCUT2D eigenvalue weighted by atomic mass is 9.73. The molecule has 2 heterocycles. The molecule has 1 atom stereocenters. The number of nitrogens with zero attached hydrogens (tertiary/aromatic N) is 3. The highest BCUT2D eigenvalue weighted by molar-refractivity contribution is 6.33. The Morgan fingerprint density at radius 3 is 2.73 bits per heavy atom. The van der Waals surface area contributed by atoms with Crippen LogP contribution < -0.4 is 21.1 Å². The van der Waals surface area contributed by atoms with E-state index < -0.39 is 5.91 Å². The molecule has 0 radical (unpaired) electrons. The summed E-state index contributed by atoms with van der Waals surface area (Å²) in [5.74, 6) is 6.36. The number of hydrogen-bond acceptors (Lipinski definition) is 7. The van der Waals surface area contributed by atoms with Crippen LogP contribution in [0.4, 0.5) is 5.82 Å². The summed E-state index contributed by atoms with van der Waals surface area (Å²) in [5, 5.41) is 10.2. The molecular weight excluding hydrogens is 490 g/mol. The number of primary amides is 1. The number of halogens is 1. The van der Waals surface area contributed by atoms with Crippen LogP contribution in [0, 0.1) is 17.3 Å². The standard InChI is InChI=1S/C28H28ClN5O3/c29-23-14-20(7-8-22(23)26(31)36)37-13-3-5-19-16-32-27(24(17-35)33-19)34-11-9-28(10-12-34)15-18-4-1-2-6-21(18)25(28)30/h1-2,4,6-8,14,16,25,35H,9-13,15,17,30H2,(H2,31,36)/t25-/m1/s1. The summed E-state index contributed by atoms with van der Waals surface area (Å²) in [6.45, 7) is 1.46. The highest BCUT2D eigenvalue weighted by atomic mass is 35.5. The van der Waals surface area contributed by atoms with E-state index in [1.54, 1.807) is 12.3 Å². The van der Waals surface area contributed by atoms with Gasteiger partial charge in [0.05, 0.1) is 23.4 Å². The minimum atomic E-state index is -0.602. The second-order valence-corrected chi connectivity index (χ2v) is 9.89. The predicted molar refractivity (Wildman–Crippen MR) is 141 cm³/mol. The largest absolute Gasteiger partial charge is 0.481 e. The molecule has 2 aromatic carbocycles. The molecule has 1 aliphatic carbocycles. The maximum atomic E-state index is 11.3. The lowest BCUT2D eigenvalue weighted by molar-refractivity contribution is 0.100. The Kier molecular flexibility index (Phi) is 7.02. The average Bonchev–Trinajstić information content (AvgIpc) is 3.17. The number of amides is 1. The van der Waals surface area contributed by atoms with Crippen LogP contribution >= 0.6 is 11.6 Å². The zero-order valence-corrected chi connectivity index (χ0v) is 21.0. The fourth-order valence-corrected chi connectivity index (χ4v) is 5.62. The topological polar surface area (TPSA) is 128 Å². The Hall–Kier alpha value is -3.64. The van der Waals surface area contributed by atoms with E-state index in [1.165, 1.54) is 23.3 Å². The van der Waals surface area contributed by atoms with Gasteiger partial charge < -0.3 is 26.2 Å². The first-order chi connectivity index (χ1) is 17.9. The molecule has 1 fully saturated rings. The number of aliphatic hydroxyl groups excluding tert-OH is 1. The molecule has 0 bridgehead atoms. The van der Waals surface area contributed by atoms with Crippen LogP contribution in [0.1, 0.15) is 51.8 Å². The van der Waals surface area contributed by atoms with Crippen LogP contribution in [-0.4, -0.2) is 40.7 Å². The third-order valence-corrected chi connectivity index (χ3v) is 7.67. The third kappa shape index (κ3) is 4.98. The highest BCUT2D eigenvalue weighted by Gasteiger charge is 2.46. The first-order valence-corrected chi connectivity index (χ1v) is 12.5. The third-order valence-electron chi connectivity index (χ3n) is 7.36. The Labute approximate surface area is 220 Å². The quantitative estimate of drug-likeness (QED) is 0.444. The van der Waals surface area contributed by atoms with Gasteiger partial charge in [0.1, 0.15) is 23.7 Å². The molecule has 2 aliphatic rings. The van der Waals surface area contributed by atoms with Crippen molar-refractivity contribution in [2.45, 2.75) is 31.9 Å². The lowest BCUT2D eigenvalue weighted by Crippen LogP contribution is -2.45. The Morgan fingerprint density at radius 2 is 2.03 bits per heavy atom. The summed E-state index contributed by atoms with van der Waals surface area (Å²) in [5.41, 5.74) is 15.8. The van der Waals surface area contributed by atoms with E-state index in [0.717, 1.165) is 32.4 Å². The molecular formula is C28H28ClN5O3. The number of fused-ring (bicyclic) bond motifs is 1. The van der Waals surface area contributed by atoms with Gasteiger partial charge >= 0.3 is 0 Å². The van der Waals surface area contributed by atoms with Gasteiger partial charge in [0.15, 0.2) is 5.82 Å². The number of benzene rings is 2. The number of hydrogen-bond donors (Lipinski definition) is 3. The van der Waals surface area contributed by atoms with Crippen molar-refractivity contribution in [3.8, 4) is 17.6 Å². The van der Waals surface area contributed by atoms with Crippen molar-refractivity contribution in [3.05, 3.63) is 81.8 Å². The first kappa shape index (κ1) is 25.0. The smallest absolute Gasteiger partial charge is 0.250 e. The number of ether oxygens (including phenoxy) is 1. The van der Waals surface area contributed by atoms with Gasteiger partial charge in [-0.2, -0.15) is 0 Å². The number of anilines is 1. The van der Waals surface area contributed by atoms with Gasteiger partial charge in [0, 0.05) is 19.1 Å². The van der Waals surface area contributed by atoms with E-state index in [1.807, 2.05) is 0 Å². The molecule has 9 heteroatoms. The fourth-order valence-electron chi connectivity index (χ4n) is 5.35. The maximum Gasteiger partial charge on any atom is 0.250 e. The van der Waals surface area contributed by atoms with Crippen molar-refractivity contribution >= 4 is 23.3 Å². The summed E-state index contributed by atoms with van der Waals surface area (Å²) in [7, 11) is 0. The molecule has 5 rings (SSSR count). The molecule has 1 amide bonds. The van der Waals surface area contributed by atoms with Gasteiger partial charge in [-0.15, -0.1) is 0 Å². The maximum absolute atomic E-state index is 11.3. The Morgan fingerprint density at radius 1 is 1.24 bits per heavy atom. The minimum absolute atomic E-state index is 0.0474. The molecule has 1 spiro atoms. The molecule has 1 aliphatic heterocycles. The summed E-state index contributed by atoms with van der Waals surface area (Å²) in [4.78, 5) is 22.6. The number of piperidine rings is 1. The van der Waals surface area contributed by atoms with Crippen molar-refractivity contribution < 1.29 is 14.6 Å². The second-order valence-electron chi connectivity index (χ2n) is 9.48. The molecule has 1 aromatic heterocycles. The van der Waals surface area contributed by atoms with Crippen LogP contribution in [0.2, 0.25) is 5.02 Å². The van der Waals surface area contributed by atoms with E-state index in [-0.39, 0.29) is 35.3 Å². The van der Waals surface area contributed by atoms with E-state index >= 15 is 0 Å². The van der Waals surface area contributed by atoms with Gasteiger partial charge in [-0.3, -0.25) is 4.79 Å². The SMILES string of the molecule is NC(=O)c1ccc(OCC#Cc2cnc(N3CCC4(CC3)Cc3ccccc3[C@H]4N)c(CO)n2)cc1Cl. The predicted octanol–water partition coefficient (Wildman–Crippen LogP) is 2.99. The zero-order chi connectivity index (χ0) is 26.0. The van der Waals surface area contributed by atoms with Crippen molar-refractivity contribution in [2.24, 2.45) is 16.9 Å². The monoisotopic (exact) mass is 517 g/mol. The van der Waals surface area contributed by atoms with Gasteiger partial charge in [-0.25, -0.2) is 9.97 Å². The van der Waals surface area contributed by atoms with Gasteiger partial charge in [-0.05, 0) is 59.9 Å². The summed E-state index contributed by atoms with van der Waals surface area (Å²) in [6.07, 6.45) is 4.54. The summed E-state index contributed by atoms with van der Waals surface area (Å²) < 4.78 is 5.57. The van der Waals surface area contributed by atoms with Gasteiger partial charge in [0.25, 0.3) is 0 Å². The average molecular weight is 518 g/mol. The molecule has 190 valence electrons. The van der Waals surface area contributed by atoms with Crippen molar-refractivity contribution in [1.82, 2.24) is 9.97 Å². The minimum Gasteiger partial charge on any atom is -0.481 e. The normalized spacial score (nSPS) is 17.7. The molecule has 37 heavy (non-hydrogen) atoms. The fraction of sp³-hybridized carbons (Fsp3) is 0.321. The van der Waals surface area contributed by atoms with Crippen LogP contribution in [-0.2, 0) is 13.0 Å². The number of aromatic nitrogens is 2.